The Kier molecular flexibility index (Phi) is 8.81. The van der Waals surface area contributed by atoms with Gasteiger partial charge < -0.3 is 15.0 Å². The number of carbonyl (C=O) groups excluding carboxylic acids is 2. The van der Waals surface area contributed by atoms with Gasteiger partial charge in [-0.2, -0.15) is 0 Å². The van der Waals surface area contributed by atoms with E-state index >= 15 is 0 Å². The number of rotatable bonds is 9. The highest BCUT2D eigenvalue weighted by molar-refractivity contribution is 5.88. The SMILES string of the molecule is CC[C@H](C)NC(=O)[C@@H](C)N(Cc1ccc(F)cc1)C(=O)COc1ccc(C(C)(C)C)cc1. The van der Waals surface area contributed by atoms with Crippen molar-refractivity contribution in [1.29, 1.82) is 0 Å². The van der Waals surface area contributed by atoms with Gasteiger partial charge in [0, 0.05) is 12.6 Å². The minimum Gasteiger partial charge on any atom is -0.484 e. The fourth-order valence-electron chi connectivity index (χ4n) is 3.11. The Balaban J connectivity index is 2.13. The molecule has 174 valence electrons. The molecule has 0 aliphatic heterocycles. The Morgan fingerprint density at radius 3 is 2.16 bits per heavy atom. The summed E-state index contributed by atoms with van der Waals surface area (Å²) in [6.07, 6.45) is 0.790. The first-order chi connectivity index (χ1) is 15.0. The lowest BCUT2D eigenvalue weighted by atomic mass is 9.87. The van der Waals surface area contributed by atoms with Gasteiger partial charge in [-0.15, -0.1) is 0 Å². The molecular weight excluding hydrogens is 407 g/mol. The lowest BCUT2D eigenvalue weighted by Gasteiger charge is -2.29. The van der Waals surface area contributed by atoms with Gasteiger partial charge in [0.2, 0.25) is 5.91 Å². The number of halogens is 1. The molecule has 0 radical (unpaired) electrons. The molecule has 2 rings (SSSR count). The molecule has 0 aliphatic carbocycles. The molecule has 2 aromatic rings. The quantitative estimate of drug-likeness (QED) is 0.605. The zero-order valence-electron chi connectivity index (χ0n) is 19.9. The van der Waals surface area contributed by atoms with Crippen molar-refractivity contribution in [2.75, 3.05) is 6.61 Å². The van der Waals surface area contributed by atoms with Crippen LogP contribution in [0.15, 0.2) is 48.5 Å². The fourth-order valence-corrected chi connectivity index (χ4v) is 3.11. The Morgan fingerprint density at radius 2 is 1.62 bits per heavy atom. The molecule has 1 N–H and O–H groups in total. The van der Waals surface area contributed by atoms with Gasteiger partial charge in [-0.1, -0.05) is 52.0 Å². The second-order valence-corrected chi connectivity index (χ2v) is 9.21. The molecule has 2 amide bonds. The smallest absolute Gasteiger partial charge is 0.261 e. The van der Waals surface area contributed by atoms with Gasteiger partial charge in [-0.05, 0) is 61.1 Å². The van der Waals surface area contributed by atoms with Gasteiger partial charge in [0.15, 0.2) is 6.61 Å². The van der Waals surface area contributed by atoms with Crippen molar-refractivity contribution in [2.45, 2.75) is 72.0 Å². The lowest BCUT2D eigenvalue weighted by molar-refractivity contribution is -0.142. The predicted octanol–water partition coefficient (Wildman–Crippen LogP) is 4.83. The van der Waals surface area contributed by atoms with Crippen LogP contribution >= 0.6 is 0 Å². The summed E-state index contributed by atoms with van der Waals surface area (Å²) in [5.41, 5.74) is 1.93. The van der Waals surface area contributed by atoms with Crippen LogP contribution in [-0.4, -0.2) is 35.4 Å². The first kappa shape index (κ1) is 25.4. The van der Waals surface area contributed by atoms with E-state index in [-0.39, 0.29) is 42.2 Å². The zero-order chi connectivity index (χ0) is 23.9. The van der Waals surface area contributed by atoms with Crippen LogP contribution in [0.3, 0.4) is 0 Å². The number of hydrogen-bond acceptors (Lipinski definition) is 3. The van der Waals surface area contributed by atoms with Gasteiger partial charge in [0.25, 0.3) is 5.91 Å². The third kappa shape index (κ3) is 7.36. The Labute approximate surface area is 191 Å². The Bertz CT molecular complexity index is 889. The van der Waals surface area contributed by atoms with Crippen LogP contribution in [0.1, 0.15) is 59.1 Å². The number of benzene rings is 2. The summed E-state index contributed by atoms with van der Waals surface area (Å²) in [6, 6.07) is 12.9. The van der Waals surface area contributed by atoms with Crippen LogP contribution in [0.5, 0.6) is 5.75 Å². The first-order valence-electron chi connectivity index (χ1n) is 11.1. The minimum absolute atomic E-state index is 0.00491. The van der Waals surface area contributed by atoms with Gasteiger partial charge >= 0.3 is 0 Å². The van der Waals surface area contributed by atoms with E-state index in [1.165, 1.54) is 22.6 Å². The third-order valence-corrected chi connectivity index (χ3v) is 5.52. The highest BCUT2D eigenvalue weighted by Gasteiger charge is 2.27. The van der Waals surface area contributed by atoms with Crippen molar-refractivity contribution in [3.8, 4) is 5.75 Å². The maximum absolute atomic E-state index is 13.3. The summed E-state index contributed by atoms with van der Waals surface area (Å²) in [4.78, 5) is 27.2. The summed E-state index contributed by atoms with van der Waals surface area (Å²) in [5, 5.41) is 2.92. The number of hydrogen-bond donors (Lipinski definition) is 1. The minimum atomic E-state index is -0.701. The largest absolute Gasteiger partial charge is 0.484 e. The van der Waals surface area contributed by atoms with Crippen molar-refractivity contribution in [2.24, 2.45) is 0 Å². The number of carbonyl (C=O) groups is 2. The Morgan fingerprint density at radius 1 is 1.03 bits per heavy atom. The first-order valence-corrected chi connectivity index (χ1v) is 11.1. The molecule has 0 aromatic heterocycles. The molecular formula is C26H35FN2O3. The van der Waals surface area contributed by atoms with Crippen molar-refractivity contribution >= 4 is 11.8 Å². The summed E-state index contributed by atoms with van der Waals surface area (Å²) >= 11 is 0. The Hall–Kier alpha value is -2.89. The molecule has 0 aliphatic rings. The normalized spacial score (nSPS) is 13.2. The van der Waals surface area contributed by atoms with Crippen molar-refractivity contribution < 1.29 is 18.7 Å². The lowest BCUT2D eigenvalue weighted by Crippen LogP contribution is -2.50. The van der Waals surface area contributed by atoms with Gasteiger partial charge in [0.05, 0.1) is 0 Å². The third-order valence-electron chi connectivity index (χ3n) is 5.52. The molecule has 2 atom stereocenters. The standard InChI is InChI=1S/C26H35FN2O3/c1-7-18(2)28-25(31)19(3)29(16-20-8-12-22(27)13-9-20)24(30)17-32-23-14-10-21(11-15-23)26(4,5)6/h8-15,18-19H,7,16-17H2,1-6H3,(H,28,31)/t18-,19+/m0/s1. The molecule has 0 saturated carbocycles. The number of nitrogens with one attached hydrogen (secondary N) is 1. The van der Waals surface area contributed by atoms with E-state index in [2.05, 4.69) is 26.1 Å². The van der Waals surface area contributed by atoms with Crippen LogP contribution in [0.2, 0.25) is 0 Å². The second kappa shape index (κ2) is 11.1. The molecule has 0 saturated heterocycles. The van der Waals surface area contributed by atoms with Crippen LogP contribution in [0.4, 0.5) is 4.39 Å². The molecule has 2 aromatic carbocycles. The van der Waals surface area contributed by atoms with Gasteiger partial charge in [-0.25, -0.2) is 4.39 Å². The summed E-state index contributed by atoms with van der Waals surface area (Å²) in [6.45, 7) is 12.0. The van der Waals surface area contributed by atoms with E-state index < -0.39 is 6.04 Å². The maximum Gasteiger partial charge on any atom is 0.261 e. The molecule has 0 bridgehead atoms. The van der Waals surface area contributed by atoms with Crippen molar-refractivity contribution in [3.05, 3.63) is 65.5 Å². The predicted molar refractivity (Wildman–Crippen MR) is 125 cm³/mol. The van der Waals surface area contributed by atoms with E-state index in [4.69, 9.17) is 4.74 Å². The average molecular weight is 443 g/mol. The number of nitrogens with zero attached hydrogens (tertiary/aromatic N) is 1. The topological polar surface area (TPSA) is 58.6 Å². The molecule has 32 heavy (non-hydrogen) atoms. The molecule has 0 unspecified atom stereocenters. The summed E-state index contributed by atoms with van der Waals surface area (Å²) in [7, 11) is 0. The van der Waals surface area contributed by atoms with E-state index in [9.17, 15) is 14.0 Å². The van der Waals surface area contributed by atoms with Gasteiger partial charge in [0.1, 0.15) is 17.6 Å². The number of ether oxygens (including phenoxy) is 1. The maximum atomic E-state index is 13.3. The van der Waals surface area contributed by atoms with Crippen LogP contribution < -0.4 is 10.1 Å². The van der Waals surface area contributed by atoms with Crippen LogP contribution in [0, 0.1) is 5.82 Å². The molecule has 0 heterocycles. The van der Waals surface area contributed by atoms with E-state index in [1.807, 2.05) is 38.1 Å². The monoisotopic (exact) mass is 442 g/mol. The summed E-state index contributed by atoms with van der Waals surface area (Å²) in [5.74, 6) is -0.314. The summed E-state index contributed by atoms with van der Waals surface area (Å²) < 4.78 is 19.0. The molecule has 0 fully saturated rings. The zero-order valence-corrected chi connectivity index (χ0v) is 19.9. The fraction of sp³-hybridized carbons (Fsp3) is 0.462. The molecule has 0 spiro atoms. The highest BCUT2D eigenvalue weighted by atomic mass is 19.1. The van der Waals surface area contributed by atoms with Crippen molar-refractivity contribution in [1.82, 2.24) is 10.2 Å². The van der Waals surface area contributed by atoms with E-state index in [0.29, 0.717) is 5.75 Å². The molecule has 5 nitrogen and oxygen atoms in total. The number of amides is 2. The van der Waals surface area contributed by atoms with Crippen molar-refractivity contribution in [3.63, 3.8) is 0 Å². The van der Waals surface area contributed by atoms with Crippen LogP contribution in [0.25, 0.3) is 0 Å². The molecule has 6 heteroatoms. The van der Waals surface area contributed by atoms with E-state index in [1.54, 1.807) is 19.1 Å². The highest BCUT2D eigenvalue weighted by Crippen LogP contribution is 2.24. The average Bonchev–Trinajstić information content (AvgIpc) is 2.76. The second-order valence-electron chi connectivity index (χ2n) is 9.21. The van der Waals surface area contributed by atoms with Gasteiger partial charge in [-0.3, -0.25) is 9.59 Å². The van der Waals surface area contributed by atoms with Crippen LogP contribution in [-0.2, 0) is 21.5 Å². The van der Waals surface area contributed by atoms with E-state index in [0.717, 1.165) is 12.0 Å².